The molecule has 4 heteroatoms. The van der Waals surface area contributed by atoms with E-state index < -0.39 is 0 Å². The SMILES string of the molecule is CNCC1(Cc2cccc(F)c2Cl)CCOC1. The minimum atomic E-state index is -0.345. The molecule has 1 aliphatic rings. The average Bonchev–Trinajstić information content (AvgIpc) is 2.74. The lowest BCUT2D eigenvalue weighted by Gasteiger charge is -2.27. The van der Waals surface area contributed by atoms with Crippen molar-refractivity contribution in [3.05, 3.63) is 34.6 Å². The maximum atomic E-state index is 13.4. The van der Waals surface area contributed by atoms with Crippen molar-refractivity contribution in [1.29, 1.82) is 0 Å². The van der Waals surface area contributed by atoms with Crippen LogP contribution in [0.1, 0.15) is 12.0 Å². The Morgan fingerprint density at radius 1 is 1.53 bits per heavy atom. The molecule has 0 radical (unpaired) electrons. The zero-order valence-electron chi connectivity index (χ0n) is 9.93. The highest BCUT2D eigenvalue weighted by molar-refractivity contribution is 6.31. The molecule has 2 rings (SSSR count). The lowest BCUT2D eigenvalue weighted by atomic mass is 9.81. The number of halogens is 2. The maximum Gasteiger partial charge on any atom is 0.142 e. The van der Waals surface area contributed by atoms with Gasteiger partial charge in [0.05, 0.1) is 11.6 Å². The van der Waals surface area contributed by atoms with E-state index in [1.54, 1.807) is 6.07 Å². The molecule has 1 aromatic rings. The summed E-state index contributed by atoms with van der Waals surface area (Å²) >= 11 is 6.00. The largest absolute Gasteiger partial charge is 0.381 e. The van der Waals surface area contributed by atoms with Crippen molar-refractivity contribution in [2.24, 2.45) is 5.41 Å². The first-order valence-corrected chi connectivity index (χ1v) is 6.20. The molecule has 0 amide bonds. The lowest BCUT2D eigenvalue weighted by molar-refractivity contribution is 0.150. The van der Waals surface area contributed by atoms with Gasteiger partial charge >= 0.3 is 0 Å². The molecule has 0 aliphatic carbocycles. The minimum Gasteiger partial charge on any atom is -0.381 e. The van der Waals surface area contributed by atoms with Gasteiger partial charge in [-0.2, -0.15) is 0 Å². The van der Waals surface area contributed by atoms with E-state index in [2.05, 4.69) is 5.32 Å². The average molecular weight is 258 g/mol. The molecular formula is C13H17ClFNO. The quantitative estimate of drug-likeness (QED) is 0.895. The molecule has 1 heterocycles. The van der Waals surface area contributed by atoms with Crippen LogP contribution in [0.2, 0.25) is 5.02 Å². The fourth-order valence-electron chi connectivity index (χ4n) is 2.45. The van der Waals surface area contributed by atoms with Gasteiger partial charge in [-0.25, -0.2) is 4.39 Å². The molecular weight excluding hydrogens is 241 g/mol. The second-order valence-electron chi connectivity index (χ2n) is 4.72. The summed E-state index contributed by atoms with van der Waals surface area (Å²) in [5.74, 6) is -0.345. The van der Waals surface area contributed by atoms with Crippen LogP contribution in [0.15, 0.2) is 18.2 Å². The maximum absolute atomic E-state index is 13.4. The highest BCUT2D eigenvalue weighted by atomic mass is 35.5. The summed E-state index contributed by atoms with van der Waals surface area (Å²) in [7, 11) is 1.92. The second kappa shape index (κ2) is 5.34. The molecule has 1 unspecified atom stereocenters. The minimum absolute atomic E-state index is 0.0478. The van der Waals surface area contributed by atoms with Crippen LogP contribution in [0.4, 0.5) is 4.39 Å². The Labute approximate surface area is 106 Å². The van der Waals surface area contributed by atoms with Crippen LogP contribution in [-0.4, -0.2) is 26.8 Å². The molecule has 0 saturated carbocycles. The molecule has 0 bridgehead atoms. The number of rotatable bonds is 4. The van der Waals surface area contributed by atoms with Crippen LogP contribution in [0, 0.1) is 11.2 Å². The number of ether oxygens (including phenoxy) is 1. The lowest BCUT2D eigenvalue weighted by Crippen LogP contribution is -2.35. The Morgan fingerprint density at radius 2 is 2.35 bits per heavy atom. The van der Waals surface area contributed by atoms with Crippen molar-refractivity contribution in [3.8, 4) is 0 Å². The van der Waals surface area contributed by atoms with E-state index in [4.69, 9.17) is 16.3 Å². The molecule has 1 aromatic carbocycles. The molecule has 1 aliphatic heterocycles. The van der Waals surface area contributed by atoms with Gasteiger partial charge in [-0.05, 0) is 31.5 Å². The predicted molar refractivity (Wildman–Crippen MR) is 66.9 cm³/mol. The van der Waals surface area contributed by atoms with Crippen LogP contribution in [-0.2, 0) is 11.2 Å². The predicted octanol–water partition coefficient (Wildman–Crippen LogP) is 2.65. The third-order valence-electron chi connectivity index (χ3n) is 3.33. The van der Waals surface area contributed by atoms with Crippen LogP contribution < -0.4 is 5.32 Å². The first-order valence-electron chi connectivity index (χ1n) is 5.82. The molecule has 1 atom stereocenters. The second-order valence-corrected chi connectivity index (χ2v) is 5.10. The topological polar surface area (TPSA) is 21.3 Å². The van der Waals surface area contributed by atoms with E-state index in [1.165, 1.54) is 6.07 Å². The summed E-state index contributed by atoms with van der Waals surface area (Å²) in [6.07, 6.45) is 1.74. The van der Waals surface area contributed by atoms with Crippen LogP contribution in [0.5, 0.6) is 0 Å². The van der Waals surface area contributed by atoms with Gasteiger partial charge in [0.15, 0.2) is 0 Å². The highest BCUT2D eigenvalue weighted by Crippen LogP contribution is 2.34. The van der Waals surface area contributed by atoms with Gasteiger partial charge < -0.3 is 10.1 Å². The fourth-order valence-corrected chi connectivity index (χ4v) is 2.65. The fraction of sp³-hybridized carbons (Fsp3) is 0.538. The first-order chi connectivity index (χ1) is 8.17. The van der Waals surface area contributed by atoms with E-state index in [9.17, 15) is 4.39 Å². The standard InChI is InChI=1S/C13H17ClFNO/c1-16-8-13(5-6-17-9-13)7-10-3-2-4-11(15)12(10)14/h2-4,16H,5-9H2,1H3. The number of benzene rings is 1. The third-order valence-corrected chi connectivity index (χ3v) is 3.76. The van der Waals surface area contributed by atoms with Gasteiger partial charge in [0.2, 0.25) is 0 Å². The summed E-state index contributed by atoms with van der Waals surface area (Å²) in [6, 6.07) is 4.99. The summed E-state index contributed by atoms with van der Waals surface area (Å²) in [5, 5.41) is 3.43. The van der Waals surface area contributed by atoms with E-state index >= 15 is 0 Å². The summed E-state index contributed by atoms with van der Waals surface area (Å²) in [6.45, 7) is 2.34. The molecule has 94 valence electrons. The van der Waals surface area contributed by atoms with Crippen LogP contribution in [0.25, 0.3) is 0 Å². The van der Waals surface area contributed by atoms with Crippen LogP contribution >= 0.6 is 11.6 Å². The van der Waals surface area contributed by atoms with E-state index in [1.807, 2.05) is 13.1 Å². The molecule has 0 spiro atoms. The Morgan fingerprint density at radius 3 is 3.00 bits per heavy atom. The van der Waals surface area contributed by atoms with Gasteiger partial charge in [-0.3, -0.25) is 0 Å². The van der Waals surface area contributed by atoms with Crippen LogP contribution in [0.3, 0.4) is 0 Å². The van der Waals surface area contributed by atoms with Crippen molar-refractivity contribution in [2.45, 2.75) is 12.8 Å². The summed E-state index contributed by atoms with van der Waals surface area (Å²) in [4.78, 5) is 0. The van der Waals surface area contributed by atoms with Crippen molar-refractivity contribution < 1.29 is 9.13 Å². The van der Waals surface area contributed by atoms with Gasteiger partial charge in [-0.1, -0.05) is 23.7 Å². The van der Waals surface area contributed by atoms with Gasteiger partial charge in [0, 0.05) is 18.6 Å². The number of hydrogen-bond donors (Lipinski definition) is 1. The van der Waals surface area contributed by atoms with E-state index in [0.29, 0.717) is 6.61 Å². The molecule has 1 saturated heterocycles. The van der Waals surface area contributed by atoms with Gasteiger partial charge in [0.25, 0.3) is 0 Å². The Hall–Kier alpha value is -0.640. The van der Waals surface area contributed by atoms with Crippen molar-refractivity contribution in [1.82, 2.24) is 5.32 Å². The van der Waals surface area contributed by atoms with Gasteiger partial charge in [0.1, 0.15) is 5.82 Å². The van der Waals surface area contributed by atoms with Crippen molar-refractivity contribution >= 4 is 11.6 Å². The first kappa shape index (κ1) is 12.8. The van der Waals surface area contributed by atoms with Crippen molar-refractivity contribution in [2.75, 3.05) is 26.8 Å². The molecule has 0 aromatic heterocycles. The van der Waals surface area contributed by atoms with E-state index in [0.717, 1.165) is 31.6 Å². The number of hydrogen-bond acceptors (Lipinski definition) is 2. The normalized spacial score (nSPS) is 24.2. The van der Waals surface area contributed by atoms with Gasteiger partial charge in [-0.15, -0.1) is 0 Å². The third kappa shape index (κ3) is 2.79. The summed E-state index contributed by atoms with van der Waals surface area (Å²) < 4.78 is 18.9. The Balaban J connectivity index is 2.20. The van der Waals surface area contributed by atoms with Crippen molar-refractivity contribution in [3.63, 3.8) is 0 Å². The smallest absolute Gasteiger partial charge is 0.142 e. The highest BCUT2D eigenvalue weighted by Gasteiger charge is 2.35. The molecule has 1 fully saturated rings. The molecule has 2 nitrogen and oxygen atoms in total. The van der Waals surface area contributed by atoms with E-state index in [-0.39, 0.29) is 16.3 Å². The zero-order chi connectivity index (χ0) is 12.3. The monoisotopic (exact) mass is 257 g/mol. The Bertz CT molecular complexity index is 391. The zero-order valence-corrected chi connectivity index (χ0v) is 10.7. The molecule has 17 heavy (non-hydrogen) atoms. The number of nitrogens with one attached hydrogen (secondary N) is 1. The molecule has 1 N–H and O–H groups in total. The Kier molecular flexibility index (Phi) is 4.02. The summed E-state index contributed by atoms with van der Waals surface area (Å²) in [5.41, 5.74) is 0.916.